The summed E-state index contributed by atoms with van der Waals surface area (Å²) in [4.78, 5) is 21.8. The molecule has 0 unspecified atom stereocenters. The zero-order valence-electron chi connectivity index (χ0n) is 16.8. The molecular weight excluding hydrogens is 398 g/mol. The summed E-state index contributed by atoms with van der Waals surface area (Å²) in [5, 5.41) is 6.86. The second-order valence-electron chi connectivity index (χ2n) is 7.12. The number of carbonyl (C=O) groups is 1. The molecule has 8 heteroatoms. The van der Waals surface area contributed by atoms with E-state index in [2.05, 4.69) is 37.6 Å². The molecule has 0 bridgehead atoms. The van der Waals surface area contributed by atoms with E-state index >= 15 is 0 Å². The van der Waals surface area contributed by atoms with Crippen molar-refractivity contribution in [2.75, 3.05) is 23.9 Å². The van der Waals surface area contributed by atoms with Gasteiger partial charge >= 0.3 is 0 Å². The number of pyridine rings is 1. The number of aromatic nitrogens is 2. The monoisotopic (exact) mass is 421 g/mol. The second kappa shape index (κ2) is 8.64. The molecule has 4 rings (SSSR count). The molecule has 1 aliphatic heterocycles. The van der Waals surface area contributed by atoms with Crippen LogP contribution in [0.5, 0.6) is 0 Å². The Hall–Kier alpha value is -3.23. The Balaban J connectivity index is 1.67. The Labute approximate surface area is 180 Å². The van der Waals surface area contributed by atoms with Crippen LogP contribution in [0, 0.1) is 6.92 Å². The van der Waals surface area contributed by atoms with Crippen LogP contribution in [-0.2, 0) is 9.53 Å². The molecule has 3 N–H and O–H groups in total. The first-order valence-electron chi connectivity index (χ1n) is 9.62. The Morgan fingerprint density at radius 1 is 1.20 bits per heavy atom. The van der Waals surface area contributed by atoms with E-state index in [-0.39, 0.29) is 24.6 Å². The van der Waals surface area contributed by atoms with E-state index in [0.29, 0.717) is 10.8 Å². The molecule has 1 aliphatic rings. The molecule has 0 aliphatic carbocycles. The number of ether oxygens (including phenoxy) is 1. The summed E-state index contributed by atoms with van der Waals surface area (Å²) in [6, 6.07) is 17.4. The third kappa shape index (κ3) is 4.05. The van der Waals surface area contributed by atoms with Crippen LogP contribution in [0.25, 0.3) is 0 Å². The molecule has 1 saturated heterocycles. The number of thiocarbonyl (C=S) groups is 1. The number of H-pyrrole nitrogens is 1. The van der Waals surface area contributed by atoms with Crippen molar-refractivity contribution < 1.29 is 9.53 Å². The minimum absolute atomic E-state index is 0.0158. The lowest BCUT2D eigenvalue weighted by atomic mass is 10.0. The number of hydrogen-bond donors (Lipinski definition) is 3. The molecule has 1 amide bonds. The first-order chi connectivity index (χ1) is 14.6. The van der Waals surface area contributed by atoms with Crippen molar-refractivity contribution in [3.63, 3.8) is 0 Å². The highest BCUT2D eigenvalue weighted by atomic mass is 32.1. The van der Waals surface area contributed by atoms with Gasteiger partial charge in [-0.25, -0.2) is 0 Å². The molecule has 0 saturated carbocycles. The van der Waals surface area contributed by atoms with E-state index in [1.54, 1.807) is 6.20 Å². The minimum Gasteiger partial charge on any atom is -0.375 e. The maximum Gasteiger partial charge on any atom is 0.250 e. The van der Waals surface area contributed by atoms with Crippen molar-refractivity contribution in [1.29, 1.82) is 0 Å². The standard InChI is InChI=1S/C22H23N5O2S/c1-14-6-11-18(24-14)21-20(17-5-3-4-12-23-17)26-22(30)27(21)16-9-7-15(8-10-16)25-19(28)13-29-2/h3-12,20-21,24H,13H2,1-2H3,(H,25,28)(H,26,30)/t20-,21-/m1/s1. The van der Waals surface area contributed by atoms with Crippen molar-refractivity contribution in [3.8, 4) is 0 Å². The lowest BCUT2D eigenvalue weighted by molar-refractivity contribution is -0.119. The van der Waals surface area contributed by atoms with Crippen LogP contribution in [0.3, 0.4) is 0 Å². The summed E-state index contributed by atoms with van der Waals surface area (Å²) < 4.78 is 4.86. The third-order valence-electron chi connectivity index (χ3n) is 4.98. The van der Waals surface area contributed by atoms with Gasteiger partial charge in [-0.1, -0.05) is 6.07 Å². The van der Waals surface area contributed by atoms with Crippen LogP contribution in [0.4, 0.5) is 11.4 Å². The SMILES string of the molecule is COCC(=O)Nc1ccc(N2C(=S)N[C@H](c3ccccn3)[C@H]2c2ccc(C)[nH]2)cc1. The highest BCUT2D eigenvalue weighted by molar-refractivity contribution is 7.80. The maximum absolute atomic E-state index is 11.8. The Bertz CT molecular complexity index is 1040. The predicted molar refractivity (Wildman–Crippen MR) is 120 cm³/mol. The molecule has 3 heterocycles. The fourth-order valence-corrected chi connectivity index (χ4v) is 4.03. The molecular formula is C22H23N5O2S. The first-order valence-corrected chi connectivity index (χ1v) is 10.0. The molecule has 0 spiro atoms. The summed E-state index contributed by atoms with van der Waals surface area (Å²) in [5.41, 5.74) is 4.68. The lowest BCUT2D eigenvalue weighted by Crippen LogP contribution is -2.29. The number of amides is 1. The molecule has 3 aromatic rings. The molecule has 0 radical (unpaired) electrons. The van der Waals surface area contributed by atoms with Gasteiger partial charge in [-0.15, -0.1) is 0 Å². The fourth-order valence-electron chi connectivity index (χ4n) is 3.68. The van der Waals surface area contributed by atoms with Crippen LogP contribution in [0.2, 0.25) is 0 Å². The van der Waals surface area contributed by atoms with Crippen LogP contribution >= 0.6 is 12.2 Å². The summed E-state index contributed by atoms with van der Waals surface area (Å²) in [6.45, 7) is 2.05. The van der Waals surface area contributed by atoms with Gasteiger partial charge in [-0.2, -0.15) is 0 Å². The van der Waals surface area contributed by atoms with E-state index in [1.807, 2.05) is 49.4 Å². The fraction of sp³-hybridized carbons (Fsp3) is 0.227. The van der Waals surface area contributed by atoms with Crippen LogP contribution in [0.1, 0.15) is 29.2 Å². The van der Waals surface area contributed by atoms with Crippen LogP contribution in [-0.4, -0.2) is 34.7 Å². The van der Waals surface area contributed by atoms with Gasteiger partial charge in [0, 0.05) is 36.1 Å². The zero-order chi connectivity index (χ0) is 21.1. The molecule has 1 aromatic carbocycles. The molecule has 2 atom stereocenters. The van der Waals surface area contributed by atoms with Crippen LogP contribution < -0.4 is 15.5 Å². The maximum atomic E-state index is 11.8. The minimum atomic E-state index is -0.196. The van der Waals surface area contributed by atoms with Gasteiger partial charge in [-0.3, -0.25) is 9.78 Å². The third-order valence-corrected chi connectivity index (χ3v) is 5.29. The van der Waals surface area contributed by atoms with Crippen molar-refractivity contribution >= 4 is 34.6 Å². The molecule has 154 valence electrons. The summed E-state index contributed by atoms with van der Waals surface area (Å²) in [5.74, 6) is -0.196. The van der Waals surface area contributed by atoms with Crippen molar-refractivity contribution in [2.24, 2.45) is 0 Å². The van der Waals surface area contributed by atoms with E-state index in [4.69, 9.17) is 17.0 Å². The van der Waals surface area contributed by atoms with Gasteiger partial charge in [0.15, 0.2) is 5.11 Å². The number of aryl methyl sites for hydroxylation is 1. The number of rotatable bonds is 6. The number of carbonyl (C=O) groups excluding carboxylic acids is 1. The average molecular weight is 422 g/mol. The predicted octanol–water partition coefficient (Wildman–Crippen LogP) is 3.48. The summed E-state index contributed by atoms with van der Waals surface area (Å²) in [7, 11) is 1.49. The number of benzene rings is 1. The Kier molecular flexibility index (Phi) is 5.78. The Morgan fingerprint density at radius 3 is 2.63 bits per heavy atom. The zero-order valence-corrected chi connectivity index (χ0v) is 17.6. The Morgan fingerprint density at radius 2 is 2.00 bits per heavy atom. The van der Waals surface area contributed by atoms with Gasteiger partial charge in [0.2, 0.25) is 5.91 Å². The number of anilines is 2. The molecule has 30 heavy (non-hydrogen) atoms. The number of nitrogens with zero attached hydrogens (tertiary/aromatic N) is 2. The van der Waals surface area contributed by atoms with Crippen molar-refractivity contribution in [1.82, 2.24) is 15.3 Å². The van der Waals surface area contributed by atoms with E-state index in [1.165, 1.54) is 7.11 Å². The number of aromatic amines is 1. The van der Waals surface area contributed by atoms with E-state index < -0.39 is 0 Å². The molecule has 2 aromatic heterocycles. The van der Waals surface area contributed by atoms with Gasteiger partial charge < -0.3 is 25.3 Å². The highest BCUT2D eigenvalue weighted by Crippen LogP contribution is 2.41. The number of nitrogens with one attached hydrogen (secondary N) is 3. The van der Waals surface area contributed by atoms with Gasteiger partial charge in [0.05, 0.1) is 11.7 Å². The smallest absolute Gasteiger partial charge is 0.250 e. The number of methoxy groups -OCH3 is 1. The molecule has 1 fully saturated rings. The largest absolute Gasteiger partial charge is 0.375 e. The first kappa shape index (κ1) is 20.1. The van der Waals surface area contributed by atoms with Gasteiger partial charge in [-0.05, 0) is 67.7 Å². The van der Waals surface area contributed by atoms with E-state index in [9.17, 15) is 4.79 Å². The average Bonchev–Trinajstić information content (AvgIpc) is 3.32. The highest BCUT2D eigenvalue weighted by Gasteiger charge is 2.41. The molecule has 7 nitrogen and oxygen atoms in total. The van der Waals surface area contributed by atoms with Gasteiger partial charge in [0.25, 0.3) is 0 Å². The summed E-state index contributed by atoms with van der Waals surface area (Å²) >= 11 is 5.71. The quantitative estimate of drug-likeness (QED) is 0.529. The summed E-state index contributed by atoms with van der Waals surface area (Å²) in [6.07, 6.45) is 1.79. The number of hydrogen-bond acceptors (Lipinski definition) is 4. The van der Waals surface area contributed by atoms with Crippen LogP contribution in [0.15, 0.2) is 60.8 Å². The van der Waals surface area contributed by atoms with Crippen molar-refractivity contribution in [3.05, 3.63) is 77.9 Å². The van der Waals surface area contributed by atoms with Gasteiger partial charge in [0.1, 0.15) is 12.6 Å². The second-order valence-corrected chi connectivity index (χ2v) is 7.51. The lowest BCUT2D eigenvalue weighted by Gasteiger charge is -2.27. The van der Waals surface area contributed by atoms with Crippen molar-refractivity contribution in [2.45, 2.75) is 19.0 Å². The normalized spacial score (nSPS) is 18.3. The topological polar surface area (TPSA) is 82.3 Å². The van der Waals surface area contributed by atoms with E-state index in [0.717, 1.165) is 22.8 Å².